The van der Waals surface area contributed by atoms with Gasteiger partial charge in [-0.15, -0.1) is 0 Å². The molecule has 0 unspecified atom stereocenters. The van der Waals surface area contributed by atoms with Crippen molar-refractivity contribution in [2.45, 2.75) is 105 Å². The molecule has 3 heteroatoms. The summed E-state index contributed by atoms with van der Waals surface area (Å²) in [5.74, 6) is 1.02. The normalized spacial score (nSPS) is 22.8. The molecule has 176 valence electrons. The predicted octanol–water partition coefficient (Wildman–Crippen LogP) is 8.69. The molecule has 0 aromatic heterocycles. The Balaban J connectivity index is 0.000000357. The van der Waals surface area contributed by atoms with Crippen LogP contribution in [-0.2, 0) is 15.7 Å². The van der Waals surface area contributed by atoms with Crippen molar-refractivity contribution in [3.8, 4) is 0 Å². The molecule has 0 bridgehead atoms. The Bertz CT molecular complexity index is 682. The maximum atomic E-state index is 6.52. The Morgan fingerprint density at radius 3 is 1.58 bits per heavy atom. The monoisotopic (exact) mass is 531 g/mol. The first-order valence-electron chi connectivity index (χ1n) is 11.9. The number of para-hydroxylation sites is 1. The van der Waals surface area contributed by atoms with Crippen LogP contribution in [0.2, 0.25) is 0 Å². The molecule has 1 nitrogen and oxygen atoms in total. The van der Waals surface area contributed by atoms with E-state index in [1.54, 1.807) is 0 Å². The van der Waals surface area contributed by atoms with Crippen LogP contribution in [-0.4, -0.2) is 9.77 Å². The zero-order valence-corrected chi connectivity index (χ0v) is 23.3. The van der Waals surface area contributed by atoms with Crippen LogP contribution in [0.25, 0.3) is 0 Å². The van der Waals surface area contributed by atoms with Crippen LogP contribution >= 0.6 is 9.69 Å². The van der Waals surface area contributed by atoms with Gasteiger partial charge in [-0.3, -0.25) is 0 Å². The van der Waals surface area contributed by atoms with Gasteiger partial charge >= 0.3 is 154 Å². The van der Waals surface area contributed by atoms with E-state index in [0.717, 1.165) is 6.42 Å². The maximum Gasteiger partial charge on any atom is -0.0352 e. The van der Waals surface area contributed by atoms with Crippen molar-refractivity contribution in [2.24, 2.45) is 5.41 Å². The van der Waals surface area contributed by atoms with E-state index < -0.39 is 0 Å². The van der Waals surface area contributed by atoms with Gasteiger partial charge in [0.05, 0.1) is 0 Å². The molecule has 1 heterocycles. The van der Waals surface area contributed by atoms with Crippen LogP contribution in [0.3, 0.4) is 0 Å². The Labute approximate surface area is 204 Å². The Morgan fingerprint density at radius 1 is 0.806 bits per heavy atom. The number of rotatable bonds is 3. The van der Waals surface area contributed by atoms with E-state index >= 15 is 0 Å². The average Bonchev–Trinajstić information content (AvgIpc) is 2.83. The third-order valence-corrected chi connectivity index (χ3v) is 8.63. The molecule has 1 aliphatic carbocycles. The Morgan fingerprint density at radius 2 is 1.23 bits per heavy atom. The fourth-order valence-electron chi connectivity index (χ4n) is 4.92. The molecule has 1 aliphatic heterocycles. The second-order valence-corrected chi connectivity index (χ2v) is 12.6. The van der Waals surface area contributed by atoms with Gasteiger partial charge in [-0.25, -0.2) is 0 Å². The van der Waals surface area contributed by atoms with Crippen LogP contribution in [0, 0.1) is 31.1 Å². The molecule has 1 aromatic carbocycles. The van der Waals surface area contributed by atoms with E-state index in [-0.39, 0.29) is 26.6 Å². The number of halogens is 1. The van der Waals surface area contributed by atoms with E-state index in [1.165, 1.54) is 46.7 Å². The first kappa shape index (κ1) is 27.1. The van der Waals surface area contributed by atoms with Crippen LogP contribution in [0.5, 0.6) is 0 Å². The van der Waals surface area contributed by atoms with Crippen LogP contribution in [0.1, 0.15) is 110 Å². The molecule has 1 saturated carbocycles. The summed E-state index contributed by atoms with van der Waals surface area (Å²) >= 11 is -0.0766. The Hall–Kier alpha value is -0.197. The second kappa shape index (κ2) is 11.8. The van der Waals surface area contributed by atoms with Gasteiger partial charge in [-0.2, -0.15) is 0 Å². The number of hydrogen-bond donors (Lipinski definition) is 0. The molecular weight excluding hydrogens is 489 g/mol. The number of nitrogens with zero attached hydrogens (tertiary/aromatic N) is 1. The molecule has 0 spiro atoms. The van der Waals surface area contributed by atoms with E-state index in [1.807, 2.05) is 0 Å². The smallest absolute Gasteiger partial charge is 0.0352 e. The third kappa shape index (κ3) is 6.90. The molecule has 2 aliphatic rings. The second-order valence-electron chi connectivity index (χ2n) is 10.7. The summed E-state index contributed by atoms with van der Waals surface area (Å²) in [6.45, 7) is 18.6. The first-order valence-corrected chi connectivity index (χ1v) is 14.8. The van der Waals surface area contributed by atoms with Gasteiger partial charge in [0, 0.05) is 0 Å². The summed E-state index contributed by atoms with van der Waals surface area (Å²) in [7, 11) is 6.52. The molecular formula is C28H43ClNRh. The van der Waals surface area contributed by atoms with Gasteiger partial charge in [0.2, 0.25) is 0 Å². The zero-order valence-electron chi connectivity index (χ0n) is 20.9. The quantitative estimate of drug-likeness (QED) is 0.353. The van der Waals surface area contributed by atoms with Crippen molar-refractivity contribution in [3.63, 3.8) is 0 Å². The molecule has 0 N–H and O–H groups in total. The third-order valence-electron chi connectivity index (χ3n) is 6.15. The van der Waals surface area contributed by atoms with Crippen molar-refractivity contribution in [2.75, 3.05) is 4.90 Å². The van der Waals surface area contributed by atoms with E-state index in [0.29, 0.717) is 11.8 Å². The molecule has 3 rings (SSSR count). The first-order chi connectivity index (χ1) is 14.5. The van der Waals surface area contributed by atoms with Crippen molar-refractivity contribution < 1.29 is 15.7 Å². The topological polar surface area (TPSA) is 3.24 Å². The summed E-state index contributed by atoms with van der Waals surface area (Å²) in [5, 5.41) is 0. The van der Waals surface area contributed by atoms with Crippen molar-refractivity contribution in [1.29, 1.82) is 0 Å². The zero-order chi connectivity index (χ0) is 23.2. The molecule has 1 aromatic rings. The van der Waals surface area contributed by atoms with Gasteiger partial charge in [-0.1, -0.05) is 0 Å². The number of benzene rings is 1. The minimum Gasteiger partial charge on any atom is -0.0496 e. The summed E-state index contributed by atoms with van der Waals surface area (Å²) < 4.78 is 1.43. The van der Waals surface area contributed by atoms with Crippen molar-refractivity contribution in [3.05, 3.63) is 55.0 Å². The minimum absolute atomic E-state index is 0.0766. The largest absolute Gasteiger partial charge is 0.0496 e. The fourth-order valence-corrected chi connectivity index (χ4v) is 7.64. The van der Waals surface area contributed by atoms with E-state index in [9.17, 15) is 0 Å². The molecule has 1 saturated heterocycles. The van der Waals surface area contributed by atoms with Crippen molar-refractivity contribution in [1.82, 2.24) is 0 Å². The summed E-state index contributed by atoms with van der Waals surface area (Å²) in [4.78, 5) is 2.61. The van der Waals surface area contributed by atoms with Crippen molar-refractivity contribution >= 4 is 19.6 Å². The summed E-state index contributed by atoms with van der Waals surface area (Å²) in [5.41, 5.74) is 4.59. The molecule has 0 amide bonds. The minimum atomic E-state index is -0.0766. The van der Waals surface area contributed by atoms with Crippen LogP contribution in [0.4, 0.5) is 5.69 Å². The number of anilines is 1. The SMILES string of the molecule is CC(C)c1cccc(C(C)C)c1N1[C](=[Rh][Cl])C(C)(C)CC1(C)C.[CH]1[CH]CC[CH][CH]CC1. The van der Waals surface area contributed by atoms with Gasteiger partial charge in [0.15, 0.2) is 0 Å². The fraction of sp³-hybridized carbons (Fsp3) is 0.607. The van der Waals surface area contributed by atoms with Crippen LogP contribution in [0.15, 0.2) is 18.2 Å². The molecule has 0 atom stereocenters. The van der Waals surface area contributed by atoms with E-state index in [4.69, 9.17) is 9.69 Å². The van der Waals surface area contributed by atoms with Gasteiger partial charge < -0.3 is 0 Å². The van der Waals surface area contributed by atoms with Gasteiger partial charge in [-0.05, 0) is 51.4 Å². The maximum absolute atomic E-state index is 6.52. The molecule has 2 fully saturated rings. The Kier molecular flexibility index (Phi) is 10.3. The standard InChI is InChI=1S/C20H31N.C8H12.ClH.Rh/c1-14(2)16-10-9-11-17(15(3)4)18(16)21-13-19(5,6)12-20(21,7)8;1-2-4-6-8-7-5-3-1;;/h9-11,14-15H,12H2,1-8H3;1-2,7-8H,3-6H2;1H;/q;;;+1/p-1. The summed E-state index contributed by atoms with van der Waals surface area (Å²) in [6, 6.07) is 6.81. The summed E-state index contributed by atoms with van der Waals surface area (Å²) in [6.07, 6.45) is 15.1. The van der Waals surface area contributed by atoms with Crippen LogP contribution < -0.4 is 4.90 Å². The van der Waals surface area contributed by atoms with Gasteiger partial charge in [0.1, 0.15) is 0 Å². The number of hydrogen-bond acceptors (Lipinski definition) is 1. The predicted molar refractivity (Wildman–Crippen MR) is 136 cm³/mol. The average molecular weight is 532 g/mol. The van der Waals surface area contributed by atoms with Gasteiger partial charge in [0.25, 0.3) is 0 Å². The molecule has 31 heavy (non-hydrogen) atoms. The molecule has 4 radical (unpaired) electrons. The van der Waals surface area contributed by atoms with E-state index in [2.05, 4.69) is 104 Å².